The second-order valence-electron chi connectivity index (χ2n) is 6.37. The minimum Gasteiger partial charge on any atom is -0.378 e. The maximum Gasteiger partial charge on any atom is 0.185 e. The lowest BCUT2D eigenvalue weighted by atomic mass is 10.0. The molecule has 1 saturated heterocycles. The average Bonchev–Trinajstić information content (AvgIpc) is 2.61. The third-order valence-electron chi connectivity index (χ3n) is 4.76. The summed E-state index contributed by atoms with van der Waals surface area (Å²) in [5, 5.41) is 0.606. The van der Waals surface area contributed by atoms with E-state index in [0.29, 0.717) is 42.8 Å². The number of nitrogens with zero attached hydrogens (tertiary/aromatic N) is 2. The van der Waals surface area contributed by atoms with Gasteiger partial charge in [-0.15, -0.1) is 0 Å². The smallest absolute Gasteiger partial charge is 0.185 e. The van der Waals surface area contributed by atoms with Crippen LogP contribution in [0.3, 0.4) is 0 Å². The number of pyridine rings is 1. The number of hydrogen-bond donors (Lipinski definition) is 0. The van der Waals surface area contributed by atoms with E-state index >= 15 is 4.39 Å². The molecule has 1 aliphatic rings. The van der Waals surface area contributed by atoms with E-state index in [9.17, 15) is 8.78 Å². The van der Waals surface area contributed by atoms with Crippen LogP contribution in [-0.2, 0) is 4.74 Å². The molecule has 0 aliphatic carbocycles. The quantitative estimate of drug-likeness (QED) is 0.486. The highest BCUT2D eigenvalue weighted by molar-refractivity contribution is 5.99. The highest BCUT2D eigenvalue weighted by Crippen LogP contribution is 2.36. The fourth-order valence-electron chi connectivity index (χ4n) is 3.45. The first-order chi connectivity index (χ1) is 12.0. The number of morpholine rings is 1. The van der Waals surface area contributed by atoms with Gasteiger partial charge in [0.25, 0.3) is 0 Å². The van der Waals surface area contributed by atoms with Crippen LogP contribution in [0.15, 0.2) is 18.2 Å². The van der Waals surface area contributed by atoms with E-state index in [-0.39, 0.29) is 16.6 Å². The molecule has 0 unspecified atom stereocenters. The Bertz CT molecular complexity index is 998. The molecule has 1 aliphatic heterocycles. The van der Waals surface area contributed by atoms with Crippen molar-refractivity contribution in [3.05, 3.63) is 46.8 Å². The summed E-state index contributed by atoms with van der Waals surface area (Å²) in [7, 11) is 0. The van der Waals surface area contributed by atoms with E-state index in [2.05, 4.69) is 4.98 Å². The van der Waals surface area contributed by atoms with Crippen LogP contribution in [0.5, 0.6) is 0 Å². The second kappa shape index (κ2) is 5.88. The molecule has 0 spiro atoms. The van der Waals surface area contributed by atoms with Crippen LogP contribution in [-0.4, -0.2) is 31.3 Å². The first-order valence-electron chi connectivity index (χ1n) is 8.19. The van der Waals surface area contributed by atoms with E-state index in [1.54, 1.807) is 13.0 Å². The van der Waals surface area contributed by atoms with Gasteiger partial charge in [-0.3, -0.25) is 0 Å². The highest BCUT2D eigenvalue weighted by Gasteiger charge is 2.28. The van der Waals surface area contributed by atoms with Gasteiger partial charge in [0.2, 0.25) is 0 Å². The number of fused-ring (bicyclic) bond motifs is 2. The lowest BCUT2D eigenvalue weighted by Gasteiger charge is -2.30. The van der Waals surface area contributed by atoms with Crippen LogP contribution in [0.2, 0.25) is 0 Å². The zero-order chi connectivity index (χ0) is 17.7. The van der Waals surface area contributed by atoms with Crippen LogP contribution < -0.4 is 4.90 Å². The minimum atomic E-state index is -1.16. The Morgan fingerprint density at radius 3 is 2.44 bits per heavy atom. The number of anilines is 1. The Balaban J connectivity index is 2.08. The second-order valence-corrected chi connectivity index (χ2v) is 6.37. The standard InChI is InChI=1S/C19H17F3N2O/c1-10-3-4-13-12(9-10)11(2)14-15(20)16(21)19(17(22)18(14)23-13)24-5-7-25-8-6-24/h3-4,9H,5-8H2,1-2H3. The van der Waals surface area contributed by atoms with Gasteiger partial charge >= 0.3 is 0 Å². The molecule has 0 amide bonds. The van der Waals surface area contributed by atoms with Gasteiger partial charge < -0.3 is 9.64 Å². The summed E-state index contributed by atoms with van der Waals surface area (Å²) in [4.78, 5) is 5.78. The van der Waals surface area contributed by atoms with Gasteiger partial charge in [-0.1, -0.05) is 11.6 Å². The molecule has 0 bridgehead atoms. The summed E-state index contributed by atoms with van der Waals surface area (Å²) >= 11 is 0. The van der Waals surface area contributed by atoms with E-state index in [4.69, 9.17) is 4.74 Å². The monoisotopic (exact) mass is 346 g/mol. The van der Waals surface area contributed by atoms with Crippen molar-refractivity contribution in [3.63, 3.8) is 0 Å². The Labute approximate surface area is 143 Å². The summed E-state index contributed by atoms with van der Waals surface area (Å²) in [6.07, 6.45) is 0. The van der Waals surface area contributed by atoms with Crippen LogP contribution in [0.1, 0.15) is 11.1 Å². The number of hydrogen-bond acceptors (Lipinski definition) is 3. The molecule has 4 rings (SSSR count). The zero-order valence-corrected chi connectivity index (χ0v) is 14.0. The molecule has 2 aromatic carbocycles. The van der Waals surface area contributed by atoms with Crippen molar-refractivity contribution in [3.8, 4) is 0 Å². The van der Waals surface area contributed by atoms with Crippen molar-refractivity contribution < 1.29 is 17.9 Å². The maximum atomic E-state index is 15.1. The van der Waals surface area contributed by atoms with Crippen molar-refractivity contribution >= 4 is 27.5 Å². The van der Waals surface area contributed by atoms with Crippen LogP contribution in [0.25, 0.3) is 21.8 Å². The molecule has 25 heavy (non-hydrogen) atoms. The van der Waals surface area contributed by atoms with Gasteiger partial charge in [0, 0.05) is 23.9 Å². The zero-order valence-electron chi connectivity index (χ0n) is 14.0. The van der Waals surface area contributed by atoms with E-state index in [0.717, 1.165) is 5.56 Å². The summed E-state index contributed by atoms with van der Waals surface area (Å²) in [6.45, 7) is 4.89. The predicted molar refractivity (Wildman–Crippen MR) is 91.6 cm³/mol. The molecule has 0 atom stereocenters. The average molecular weight is 346 g/mol. The van der Waals surface area contributed by atoms with Gasteiger partial charge in [0.15, 0.2) is 17.5 Å². The van der Waals surface area contributed by atoms with Crippen LogP contribution in [0, 0.1) is 31.3 Å². The summed E-state index contributed by atoms with van der Waals surface area (Å²) in [6, 6.07) is 5.48. The lowest BCUT2D eigenvalue weighted by molar-refractivity contribution is 0.122. The van der Waals surface area contributed by atoms with Gasteiger partial charge in [-0.25, -0.2) is 18.2 Å². The maximum absolute atomic E-state index is 15.1. The van der Waals surface area contributed by atoms with Crippen molar-refractivity contribution in [2.24, 2.45) is 0 Å². The van der Waals surface area contributed by atoms with Crippen molar-refractivity contribution in [2.45, 2.75) is 13.8 Å². The third-order valence-corrected chi connectivity index (χ3v) is 4.76. The molecule has 0 saturated carbocycles. The Morgan fingerprint density at radius 1 is 1.00 bits per heavy atom. The van der Waals surface area contributed by atoms with E-state index < -0.39 is 17.5 Å². The Hall–Kier alpha value is -2.34. The van der Waals surface area contributed by atoms with Gasteiger partial charge in [0.1, 0.15) is 11.2 Å². The summed E-state index contributed by atoms with van der Waals surface area (Å²) < 4.78 is 49.9. The molecular formula is C19H17F3N2O. The molecule has 2 heterocycles. The van der Waals surface area contributed by atoms with E-state index in [1.807, 2.05) is 19.1 Å². The van der Waals surface area contributed by atoms with Crippen molar-refractivity contribution in [1.29, 1.82) is 0 Å². The number of benzene rings is 2. The van der Waals surface area contributed by atoms with Gasteiger partial charge in [0.05, 0.1) is 18.7 Å². The topological polar surface area (TPSA) is 25.4 Å². The Kier molecular flexibility index (Phi) is 3.80. The molecule has 1 aromatic heterocycles. The van der Waals surface area contributed by atoms with E-state index in [1.165, 1.54) is 4.90 Å². The Morgan fingerprint density at radius 2 is 1.72 bits per heavy atom. The first kappa shape index (κ1) is 16.1. The summed E-state index contributed by atoms with van der Waals surface area (Å²) in [5.41, 5.74) is 1.55. The molecular weight excluding hydrogens is 329 g/mol. The van der Waals surface area contributed by atoms with Gasteiger partial charge in [-0.05, 0) is 31.5 Å². The number of aryl methyl sites for hydroxylation is 2. The number of halogens is 3. The number of ether oxygens (including phenoxy) is 1. The van der Waals surface area contributed by atoms with Crippen LogP contribution in [0.4, 0.5) is 18.9 Å². The molecule has 6 heteroatoms. The predicted octanol–water partition coefficient (Wildman–Crippen LogP) is 4.26. The molecule has 1 fully saturated rings. The fraction of sp³-hybridized carbons (Fsp3) is 0.316. The molecule has 3 aromatic rings. The molecule has 0 N–H and O–H groups in total. The minimum absolute atomic E-state index is 0.0925. The summed E-state index contributed by atoms with van der Waals surface area (Å²) in [5.74, 6) is -3.03. The number of aromatic nitrogens is 1. The largest absolute Gasteiger partial charge is 0.378 e. The lowest BCUT2D eigenvalue weighted by Crippen LogP contribution is -2.37. The third kappa shape index (κ3) is 2.43. The van der Waals surface area contributed by atoms with Crippen molar-refractivity contribution in [2.75, 3.05) is 31.2 Å². The first-order valence-corrected chi connectivity index (χ1v) is 8.19. The normalized spacial score (nSPS) is 15.3. The fourth-order valence-corrected chi connectivity index (χ4v) is 3.45. The SMILES string of the molecule is Cc1ccc2nc3c(F)c(N4CCOCC4)c(F)c(F)c3c(C)c2c1. The van der Waals surface area contributed by atoms with Crippen molar-refractivity contribution in [1.82, 2.24) is 4.98 Å². The molecule has 0 radical (unpaired) electrons. The molecule has 3 nitrogen and oxygen atoms in total. The van der Waals surface area contributed by atoms with Gasteiger partial charge in [-0.2, -0.15) is 0 Å². The highest BCUT2D eigenvalue weighted by atomic mass is 19.2. The molecule has 130 valence electrons. The number of rotatable bonds is 1. The van der Waals surface area contributed by atoms with Crippen LogP contribution >= 0.6 is 0 Å².